The number of urea groups is 2. The number of hydrogen-bond donors (Lipinski definition) is 3. The van der Waals surface area contributed by atoms with E-state index in [9.17, 15) is 14.0 Å². The van der Waals surface area contributed by atoms with Gasteiger partial charge in [0.1, 0.15) is 17.5 Å². The average molecular weight is 530 g/mol. The van der Waals surface area contributed by atoms with Gasteiger partial charge in [-0.05, 0) is 30.3 Å². The number of anilines is 5. The molecule has 200 valence electrons. The number of hydrogen-bond acceptors (Lipinski definition) is 6. The van der Waals surface area contributed by atoms with Crippen molar-refractivity contribution in [2.45, 2.75) is 32.7 Å². The Kier molecular flexibility index (Phi) is 6.38. The number of nitrogens with two attached hydrogens (primary N) is 1. The van der Waals surface area contributed by atoms with E-state index in [0.717, 1.165) is 11.4 Å². The first-order valence-electron chi connectivity index (χ1n) is 12.2. The summed E-state index contributed by atoms with van der Waals surface area (Å²) in [7, 11) is 1.57. The quantitative estimate of drug-likeness (QED) is 0.344. The molecule has 12 heteroatoms. The van der Waals surface area contributed by atoms with E-state index in [1.165, 1.54) is 28.0 Å². The molecule has 0 spiro atoms. The Morgan fingerprint density at radius 1 is 1.05 bits per heavy atom. The highest BCUT2D eigenvalue weighted by Gasteiger charge is 2.31. The van der Waals surface area contributed by atoms with Crippen LogP contribution in [0.3, 0.4) is 0 Å². The predicted molar refractivity (Wildman–Crippen MR) is 148 cm³/mol. The predicted octanol–water partition coefficient (Wildman–Crippen LogP) is 4.90. The van der Waals surface area contributed by atoms with Gasteiger partial charge in [-0.15, -0.1) is 0 Å². The molecule has 5 rings (SSSR count). The summed E-state index contributed by atoms with van der Waals surface area (Å²) in [5, 5.41) is 10.0. The van der Waals surface area contributed by atoms with Gasteiger partial charge in [0, 0.05) is 36.0 Å². The number of rotatable bonds is 4. The van der Waals surface area contributed by atoms with Gasteiger partial charge in [-0.1, -0.05) is 39.0 Å². The Balaban J connectivity index is 1.40. The van der Waals surface area contributed by atoms with Crippen LogP contribution < -0.4 is 26.2 Å². The lowest BCUT2D eigenvalue weighted by Gasteiger charge is -2.34. The number of nitrogens with zero attached hydrogens (tertiary/aromatic N) is 6. The fraction of sp³-hybridized carbons (Fsp3) is 0.222. The Morgan fingerprint density at radius 2 is 1.79 bits per heavy atom. The lowest BCUT2D eigenvalue weighted by atomic mass is 9.92. The van der Waals surface area contributed by atoms with Gasteiger partial charge in [0.05, 0.1) is 23.6 Å². The molecule has 3 heterocycles. The summed E-state index contributed by atoms with van der Waals surface area (Å²) in [5.41, 5.74) is 7.90. The summed E-state index contributed by atoms with van der Waals surface area (Å²) in [6.45, 7) is 6.22. The van der Waals surface area contributed by atoms with Crippen molar-refractivity contribution in [3.63, 3.8) is 0 Å². The summed E-state index contributed by atoms with van der Waals surface area (Å²) < 4.78 is 16.4. The van der Waals surface area contributed by atoms with Gasteiger partial charge >= 0.3 is 12.1 Å². The molecule has 2 aromatic heterocycles. The third-order valence-corrected chi connectivity index (χ3v) is 6.25. The maximum Gasteiger partial charge on any atom is 0.330 e. The Labute approximate surface area is 224 Å². The number of fused-ring (bicyclic) bond motifs is 1. The number of carbonyl (C=O) groups is 2. The summed E-state index contributed by atoms with van der Waals surface area (Å²) in [6.07, 6.45) is 1.55. The molecular formula is C27H28FN9O2. The van der Waals surface area contributed by atoms with Crippen LogP contribution in [0.25, 0.3) is 5.69 Å². The zero-order valence-electron chi connectivity index (χ0n) is 21.9. The second-order valence-electron chi connectivity index (χ2n) is 10.2. The van der Waals surface area contributed by atoms with Crippen molar-refractivity contribution >= 4 is 41.0 Å². The number of carbonyl (C=O) groups excluding carboxylic acids is 2. The fourth-order valence-corrected chi connectivity index (χ4v) is 4.17. The molecule has 0 fully saturated rings. The first-order valence-corrected chi connectivity index (χ1v) is 12.2. The topological polar surface area (TPSA) is 134 Å². The van der Waals surface area contributed by atoms with Crippen LogP contribution in [0.5, 0.6) is 0 Å². The Bertz CT molecular complexity index is 1560. The van der Waals surface area contributed by atoms with Gasteiger partial charge in [-0.3, -0.25) is 15.1 Å². The van der Waals surface area contributed by atoms with Crippen LogP contribution in [0.1, 0.15) is 32.0 Å². The van der Waals surface area contributed by atoms with Gasteiger partial charge in [0.2, 0.25) is 5.95 Å². The number of nitrogen functional groups attached to an aromatic ring is 1. The zero-order chi connectivity index (χ0) is 27.9. The van der Waals surface area contributed by atoms with Crippen LogP contribution in [0.2, 0.25) is 0 Å². The number of benzene rings is 2. The first-order chi connectivity index (χ1) is 18.5. The molecule has 0 aliphatic carbocycles. The maximum absolute atomic E-state index is 14.8. The molecule has 11 nitrogen and oxygen atoms in total. The van der Waals surface area contributed by atoms with Crippen molar-refractivity contribution in [3.8, 4) is 5.69 Å². The molecule has 4 amide bonds. The maximum atomic E-state index is 14.8. The van der Waals surface area contributed by atoms with Crippen LogP contribution in [0.15, 0.2) is 60.8 Å². The average Bonchev–Trinajstić information content (AvgIpc) is 3.33. The van der Waals surface area contributed by atoms with E-state index in [1.807, 2.05) is 51.1 Å². The smallest absolute Gasteiger partial charge is 0.330 e. The van der Waals surface area contributed by atoms with E-state index in [-0.39, 0.29) is 29.6 Å². The summed E-state index contributed by atoms with van der Waals surface area (Å²) in [5.74, 6) is 0.233. The second-order valence-corrected chi connectivity index (χ2v) is 10.2. The van der Waals surface area contributed by atoms with E-state index < -0.39 is 11.8 Å². The first kappa shape index (κ1) is 25.6. The number of nitrogens with one attached hydrogen (secondary N) is 2. The lowest BCUT2D eigenvalue weighted by molar-refractivity contribution is 0.251. The number of halogens is 1. The van der Waals surface area contributed by atoms with Crippen LogP contribution in [-0.4, -0.2) is 38.9 Å². The minimum absolute atomic E-state index is 0.0596. The van der Waals surface area contributed by atoms with E-state index in [1.54, 1.807) is 24.0 Å². The van der Waals surface area contributed by atoms with Crippen molar-refractivity contribution in [1.82, 2.24) is 19.7 Å². The normalized spacial score (nSPS) is 13.3. The van der Waals surface area contributed by atoms with Gasteiger partial charge < -0.3 is 11.1 Å². The molecule has 0 atom stereocenters. The number of aromatic nitrogens is 4. The van der Waals surface area contributed by atoms with Crippen molar-refractivity contribution in [1.29, 1.82) is 0 Å². The van der Waals surface area contributed by atoms with Crippen molar-refractivity contribution in [2.75, 3.05) is 33.2 Å². The third kappa shape index (κ3) is 5.08. The molecule has 0 saturated heterocycles. The van der Waals surface area contributed by atoms with Gasteiger partial charge in [0.15, 0.2) is 0 Å². The van der Waals surface area contributed by atoms with Crippen molar-refractivity contribution < 1.29 is 14.0 Å². The summed E-state index contributed by atoms with van der Waals surface area (Å²) in [4.78, 5) is 37.0. The largest absolute Gasteiger partial charge is 0.368 e. The number of amides is 4. The molecule has 0 saturated carbocycles. The Hall–Kier alpha value is -5.00. The molecule has 39 heavy (non-hydrogen) atoms. The highest BCUT2D eigenvalue weighted by atomic mass is 19.1. The van der Waals surface area contributed by atoms with Gasteiger partial charge in [0.25, 0.3) is 0 Å². The molecule has 0 bridgehead atoms. The minimum Gasteiger partial charge on any atom is -0.368 e. The molecule has 0 radical (unpaired) electrons. The van der Waals surface area contributed by atoms with Crippen LogP contribution in [0, 0.1) is 5.82 Å². The monoisotopic (exact) mass is 529 g/mol. The second kappa shape index (κ2) is 9.71. The minimum atomic E-state index is -0.667. The zero-order valence-corrected chi connectivity index (χ0v) is 21.9. The summed E-state index contributed by atoms with van der Waals surface area (Å²) in [6, 6.07) is 14.2. The molecule has 1 aliphatic rings. The molecular weight excluding hydrogens is 501 g/mol. The Morgan fingerprint density at radius 3 is 2.51 bits per heavy atom. The van der Waals surface area contributed by atoms with E-state index in [2.05, 4.69) is 25.7 Å². The molecule has 4 N–H and O–H groups in total. The van der Waals surface area contributed by atoms with Crippen molar-refractivity contribution in [3.05, 3.63) is 77.9 Å². The molecule has 2 aromatic carbocycles. The highest BCUT2D eigenvalue weighted by Crippen LogP contribution is 2.32. The van der Waals surface area contributed by atoms with Crippen LogP contribution in [-0.2, 0) is 12.0 Å². The molecule has 0 unspecified atom stereocenters. The van der Waals surface area contributed by atoms with E-state index in [4.69, 9.17) is 5.73 Å². The fourth-order valence-electron chi connectivity index (χ4n) is 4.17. The number of para-hydroxylation sites is 1. The standard InChI is InChI=1S/C27H28FN9O2/c1-27(2,3)21-13-22(37(34-21)17-8-6-5-7-9-17)32-25(38)31-20-12-18(10-11-19(20)28)36-15-16-14-30-24(29)33-23(16)35(4)26(36)39/h5-14H,15H2,1-4H3,(H2,29,30,33)(H2,31,32,38). The van der Waals surface area contributed by atoms with Crippen molar-refractivity contribution in [2.24, 2.45) is 0 Å². The van der Waals surface area contributed by atoms with E-state index in [0.29, 0.717) is 22.9 Å². The lowest BCUT2D eigenvalue weighted by Crippen LogP contribution is -2.46. The van der Waals surface area contributed by atoms with Gasteiger partial charge in [-0.25, -0.2) is 23.6 Å². The molecule has 4 aromatic rings. The highest BCUT2D eigenvalue weighted by molar-refractivity contribution is 6.06. The van der Waals surface area contributed by atoms with Crippen LogP contribution in [0.4, 0.5) is 42.9 Å². The SMILES string of the molecule is CN1C(=O)N(c2ccc(F)c(NC(=O)Nc3cc(C(C)(C)C)nn3-c3ccccc3)c2)Cc2cnc(N)nc21. The molecule has 1 aliphatic heterocycles. The van der Waals surface area contributed by atoms with Crippen LogP contribution >= 0.6 is 0 Å². The van der Waals surface area contributed by atoms with E-state index >= 15 is 0 Å². The summed E-state index contributed by atoms with van der Waals surface area (Å²) >= 11 is 0. The van der Waals surface area contributed by atoms with Gasteiger partial charge in [-0.2, -0.15) is 10.1 Å². The third-order valence-electron chi connectivity index (χ3n) is 6.25.